The van der Waals surface area contributed by atoms with Crippen LogP contribution in [0.15, 0.2) is 87.8 Å². The highest BCUT2D eigenvalue weighted by molar-refractivity contribution is 6.09. The van der Waals surface area contributed by atoms with Gasteiger partial charge in [0.15, 0.2) is 87.9 Å². The van der Waals surface area contributed by atoms with E-state index in [1.165, 1.54) is 0 Å². The second kappa shape index (κ2) is 18.6. The third kappa shape index (κ3) is 8.17. The molecule has 0 fully saturated rings. The molecule has 18 N–H and O–H groups in total. The van der Waals surface area contributed by atoms with Gasteiger partial charge < -0.3 is 124 Å². The largest absolute Gasteiger partial charge is 0.519 e. The van der Waals surface area contributed by atoms with E-state index in [1.807, 2.05) is 0 Å². The number of phenolic OH excluding ortho intramolecular Hbond substituents is 12. The van der Waals surface area contributed by atoms with Crippen LogP contribution >= 0.6 is 0 Å². The molecule has 0 aromatic heterocycles. The van der Waals surface area contributed by atoms with E-state index in [0.717, 1.165) is 12.2 Å². The summed E-state index contributed by atoms with van der Waals surface area (Å²) in [4.78, 5) is 91.3. The molecule has 4 aromatic rings. The first-order valence-electron chi connectivity index (χ1n) is 21.6. The summed E-state index contributed by atoms with van der Waals surface area (Å²) >= 11 is 0. The van der Waals surface area contributed by atoms with Crippen molar-refractivity contribution in [2.45, 2.75) is 36.6 Å². The summed E-state index contributed by atoms with van der Waals surface area (Å²) < 4.78 is 37.7. The van der Waals surface area contributed by atoms with Gasteiger partial charge in [-0.15, -0.1) is 0 Å². The standard InChI is InChI=1S/C48H32O30/c49-8-24(74-48(71)15-6-20(54)32(60)37(65)38(15)73-23-7-14-28-27-13(46(69)78-42(28)34(23)62)5-21(55)33(61)41(27)77-47(14)70)40(76-43(66)10-1-16(50)29(57)17(51)2-10)39-22(56)9-72-44(67)11-3-18(52)30(58)35(63)25(11)26-12(45(68)75-39)4-19(53)31(59)36(26)64/h1-8,22,24,39-42,50-65H,9H2/p+2/t22-,24+,39+,40+,41?,42?/m1/s1. The molecule has 0 saturated carbocycles. The second-order valence-corrected chi connectivity index (χ2v) is 16.9. The summed E-state index contributed by atoms with van der Waals surface area (Å²) in [5.74, 6) is -30.8. The van der Waals surface area contributed by atoms with Crippen LogP contribution in [0.1, 0.15) is 41.4 Å². The Kier molecular flexibility index (Phi) is 12.4. The zero-order valence-corrected chi connectivity index (χ0v) is 38.2. The summed E-state index contributed by atoms with van der Waals surface area (Å²) in [7, 11) is 0. The molecule has 3 heterocycles. The smallest absolute Gasteiger partial charge is 0.504 e. The van der Waals surface area contributed by atoms with Crippen molar-refractivity contribution in [3.63, 3.8) is 0 Å². The number of fused-ring (bicyclic) bond motifs is 3. The Morgan fingerprint density at radius 2 is 1.09 bits per heavy atom. The van der Waals surface area contributed by atoms with Gasteiger partial charge in [0, 0.05) is 29.3 Å². The monoisotopic (exact) mass is 1090 g/mol. The molecule has 4 aromatic carbocycles. The Labute approximate surface area is 429 Å². The molecule has 2 aliphatic carbocycles. The number of phenols is 12. The molecule has 3 aliphatic heterocycles. The molecule has 404 valence electrons. The predicted molar refractivity (Wildman–Crippen MR) is 244 cm³/mol. The number of allylic oxidation sites excluding steroid dienone is 2. The van der Waals surface area contributed by atoms with Gasteiger partial charge in [0.2, 0.25) is 34.5 Å². The lowest BCUT2D eigenvalue weighted by Crippen LogP contribution is -2.52. The minimum Gasteiger partial charge on any atom is -0.504 e. The van der Waals surface area contributed by atoms with Gasteiger partial charge in [-0.25, -0.2) is 19.2 Å². The number of aliphatic hydroxyl groups excluding tert-OH is 4. The highest BCUT2D eigenvalue weighted by atomic mass is 16.6. The van der Waals surface area contributed by atoms with E-state index in [2.05, 4.69) is 0 Å². The minimum atomic E-state index is -2.86. The van der Waals surface area contributed by atoms with Gasteiger partial charge in [-0.2, -0.15) is 0 Å². The number of benzene rings is 4. The molecule has 5 aliphatic rings. The van der Waals surface area contributed by atoms with Gasteiger partial charge in [-0.1, -0.05) is 0 Å². The van der Waals surface area contributed by atoms with E-state index in [0.29, 0.717) is 30.3 Å². The van der Waals surface area contributed by atoms with Crippen LogP contribution in [-0.2, 0) is 33.2 Å². The zero-order valence-electron chi connectivity index (χ0n) is 38.2. The van der Waals surface area contributed by atoms with Gasteiger partial charge in [0.1, 0.15) is 29.4 Å². The van der Waals surface area contributed by atoms with Crippen LogP contribution in [0.4, 0.5) is 0 Å². The highest BCUT2D eigenvalue weighted by Gasteiger charge is 2.59. The Morgan fingerprint density at radius 3 is 1.65 bits per heavy atom. The first-order valence-corrected chi connectivity index (χ1v) is 21.6. The summed E-state index contributed by atoms with van der Waals surface area (Å²) in [6, 6.07) is 1.97. The summed E-state index contributed by atoms with van der Waals surface area (Å²) in [5.41, 5.74) is -7.78. The Hall–Kier alpha value is -11.2. The van der Waals surface area contributed by atoms with E-state index >= 15 is 0 Å². The van der Waals surface area contributed by atoms with E-state index in [-0.39, 0.29) is 16.7 Å². The van der Waals surface area contributed by atoms with E-state index in [1.54, 1.807) is 0 Å². The van der Waals surface area contributed by atoms with Gasteiger partial charge in [0.25, 0.3) is 12.2 Å². The third-order valence-corrected chi connectivity index (χ3v) is 12.3. The van der Waals surface area contributed by atoms with E-state index in [9.17, 15) is 115 Å². The second-order valence-electron chi connectivity index (χ2n) is 16.9. The number of aromatic hydroxyl groups is 12. The van der Waals surface area contributed by atoms with Crippen molar-refractivity contribution >= 4 is 42.1 Å². The van der Waals surface area contributed by atoms with E-state index in [4.69, 9.17) is 33.2 Å². The topological polar surface area (TPSA) is 516 Å². The molecule has 9 rings (SSSR count). The fraction of sp³-hybridized carbons (Fsp3) is 0.146. The Bertz CT molecular complexity index is 3590. The van der Waals surface area contributed by atoms with Crippen molar-refractivity contribution in [3.05, 3.63) is 110 Å². The molecule has 0 spiro atoms. The van der Waals surface area contributed by atoms with Crippen LogP contribution in [0.5, 0.6) is 74.7 Å². The van der Waals surface area contributed by atoms with Crippen LogP contribution in [0.2, 0.25) is 0 Å². The first-order chi connectivity index (χ1) is 36.7. The molecule has 78 heavy (non-hydrogen) atoms. The van der Waals surface area contributed by atoms with Crippen LogP contribution in [0.3, 0.4) is 0 Å². The van der Waals surface area contributed by atoms with Gasteiger partial charge in [-0.3, -0.25) is 4.79 Å². The Morgan fingerprint density at radius 1 is 0.590 bits per heavy atom. The van der Waals surface area contributed by atoms with Crippen LogP contribution in [0, 0.1) is 0 Å². The number of ether oxygens (including phenoxy) is 7. The molecule has 0 saturated heterocycles. The molecule has 30 heteroatoms. The van der Waals surface area contributed by atoms with Crippen LogP contribution < -0.4 is 4.74 Å². The van der Waals surface area contributed by atoms with Crippen molar-refractivity contribution in [2.75, 3.05) is 6.61 Å². The van der Waals surface area contributed by atoms with Crippen LogP contribution in [-0.4, -0.2) is 177 Å². The predicted octanol–water partition coefficient (Wildman–Crippen LogP) is 0.983. The molecule has 6 atom stereocenters. The highest BCUT2D eigenvalue weighted by Crippen LogP contribution is 2.54. The number of cyclic esters (lactones) is 2. The van der Waals surface area contributed by atoms with Crippen molar-refractivity contribution in [3.8, 4) is 85.9 Å². The molecule has 0 amide bonds. The number of aldehydes is 1. The summed E-state index contributed by atoms with van der Waals surface area (Å²) in [6.45, 7) is -1.47. The van der Waals surface area contributed by atoms with Crippen LogP contribution in [0.25, 0.3) is 11.1 Å². The fourth-order valence-electron chi connectivity index (χ4n) is 8.57. The summed E-state index contributed by atoms with van der Waals surface area (Å²) in [6.07, 6.45) is -13.5. The first kappa shape index (κ1) is 51.7. The Balaban J connectivity index is 1.14. The fourth-order valence-corrected chi connectivity index (χ4v) is 8.57. The third-order valence-electron chi connectivity index (χ3n) is 12.3. The van der Waals surface area contributed by atoms with Gasteiger partial charge >= 0.3 is 35.8 Å². The number of carbonyl (C=O) groups excluding carboxylic acids is 7. The maximum Gasteiger partial charge on any atom is 0.519 e. The average Bonchev–Trinajstić information content (AvgIpc) is 3.61. The molecule has 30 nitrogen and oxygen atoms in total. The van der Waals surface area contributed by atoms with E-state index < -0.39 is 222 Å². The van der Waals surface area contributed by atoms with Crippen molar-refractivity contribution < 1.29 is 148 Å². The van der Waals surface area contributed by atoms with Gasteiger partial charge in [0.05, 0.1) is 27.8 Å². The minimum absolute atomic E-state index is 0.151. The number of aliphatic hydroxyl groups is 4. The lowest BCUT2D eigenvalue weighted by Gasteiger charge is -2.33. The molecular weight excluding hydrogens is 1060 g/mol. The quantitative estimate of drug-likeness (QED) is 0.0365. The SMILES string of the molecule is O=C[C@H](OC(=O)c1cc(O)c(O)c(O)c1OC1=C(O)C2OC(=[OH+])C3=CC(O)=C(O)C4OC(=[OH+])C(=C1)C2=C34)[C@H](OC(=O)c1cc(O)c(O)c(O)c1)[C@H]1OC(=O)c2cc(O)c(O)c(O)c2-c2c(cc(O)c(O)c2O)C(=O)OC[C@H]1O. The molecular formula is C48H34O30+2. The summed E-state index contributed by atoms with van der Waals surface area (Å²) in [5, 5.41) is 171. The van der Waals surface area contributed by atoms with Crippen molar-refractivity contribution in [1.29, 1.82) is 0 Å². The maximum absolute atomic E-state index is 14.4. The van der Waals surface area contributed by atoms with Crippen molar-refractivity contribution in [2.24, 2.45) is 0 Å². The lowest BCUT2D eigenvalue weighted by atomic mass is 9.78. The maximum atomic E-state index is 14.4. The molecule has 2 unspecified atom stereocenters. The normalized spacial score (nSPS) is 20.4. The number of hydrogen-bond acceptors (Lipinski definition) is 28. The number of carbonyl (C=O) groups is 5. The van der Waals surface area contributed by atoms with Gasteiger partial charge in [-0.05, 0) is 24.3 Å². The number of hydrogen-bond donors (Lipinski definition) is 16. The molecule has 0 bridgehead atoms. The molecule has 0 radical (unpaired) electrons. The number of rotatable bonds is 9. The average molecular weight is 1090 g/mol. The number of esters is 6. The zero-order chi connectivity index (χ0) is 56.8. The lowest BCUT2D eigenvalue weighted by molar-refractivity contribution is -0.142. The van der Waals surface area contributed by atoms with Crippen molar-refractivity contribution in [1.82, 2.24) is 0 Å².